The van der Waals surface area contributed by atoms with Gasteiger partial charge in [0.25, 0.3) is 0 Å². The molecular formula is C14H14ClF2NO2. The predicted molar refractivity (Wildman–Crippen MR) is 71.0 cm³/mol. The van der Waals surface area contributed by atoms with Gasteiger partial charge in [-0.05, 0) is 49.3 Å². The van der Waals surface area contributed by atoms with E-state index in [1.807, 2.05) is 0 Å². The largest absolute Gasteiger partial charge is 0.433 e. The van der Waals surface area contributed by atoms with Gasteiger partial charge in [-0.15, -0.1) is 0 Å². The maximum atomic E-state index is 12.1. The van der Waals surface area contributed by atoms with E-state index >= 15 is 0 Å². The molecule has 6 heteroatoms. The number of rotatable bonds is 4. The Labute approximate surface area is 120 Å². The van der Waals surface area contributed by atoms with Crippen molar-refractivity contribution < 1.29 is 18.3 Å². The van der Waals surface area contributed by atoms with Gasteiger partial charge in [0.1, 0.15) is 5.75 Å². The van der Waals surface area contributed by atoms with E-state index in [4.69, 9.17) is 11.6 Å². The van der Waals surface area contributed by atoms with Gasteiger partial charge in [-0.1, -0.05) is 11.6 Å². The number of alkyl halides is 2. The van der Waals surface area contributed by atoms with Gasteiger partial charge in [0.05, 0.1) is 5.02 Å². The molecule has 20 heavy (non-hydrogen) atoms. The number of hydrogen-bond acceptors (Lipinski definition) is 2. The smallest absolute Gasteiger partial charge is 0.387 e. The first kappa shape index (κ1) is 13.6. The van der Waals surface area contributed by atoms with Crippen molar-refractivity contribution in [2.24, 2.45) is 17.8 Å². The third kappa shape index (κ3) is 2.87. The zero-order valence-corrected chi connectivity index (χ0v) is 11.4. The predicted octanol–water partition coefficient (Wildman–Crippen LogP) is 3.93. The van der Waals surface area contributed by atoms with Crippen molar-refractivity contribution in [3.63, 3.8) is 0 Å². The van der Waals surface area contributed by atoms with Crippen molar-refractivity contribution in [3.8, 4) is 5.75 Å². The monoisotopic (exact) mass is 301 g/mol. The molecule has 0 aliphatic heterocycles. The van der Waals surface area contributed by atoms with Gasteiger partial charge in [-0.2, -0.15) is 8.78 Å². The highest BCUT2D eigenvalue weighted by Crippen LogP contribution is 2.54. The van der Waals surface area contributed by atoms with Gasteiger partial charge in [0, 0.05) is 11.6 Å². The number of carbonyl (C=O) groups excluding carboxylic acids is 1. The Morgan fingerprint density at radius 1 is 1.30 bits per heavy atom. The summed E-state index contributed by atoms with van der Waals surface area (Å²) in [5.74, 6) is 1.42. The van der Waals surface area contributed by atoms with Crippen LogP contribution in [0.25, 0.3) is 0 Å². The summed E-state index contributed by atoms with van der Waals surface area (Å²) in [4.78, 5) is 12.0. The van der Waals surface area contributed by atoms with E-state index in [2.05, 4.69) is 10.1 Å². The minimum Gasteiger partial charge on any atom is -0.433 e. The number of fused-ring (bicyclic) bond motifs is 1. The first-order valence-corrected chi connectivity index (χ1v) is 6.96. The Morgan fingerprint density at radius 2 is 2.00 bits per heavy atom. The molecule has 0 heterocycles. The van der Waals surface area contributed by atoms with Crippen LogP contribution in [0.1, 0.15) is 19.3 Å². The average Bonchev–Trinajstić information content (AvgIpc) is 2.99. The molecule has 2 saturated carbocycles. The molecule has 2 aliphatic carbocycles. The minimum absolute atomic E-state index is 0.0178. The second kappa shape index (κ2) is 5.20. The lowest BCUT2D eigenvalue weighted by Gasteiger charge is -2.13. The Bertz CT molecular complexity index is 528. The highest BCUT2D eigenvalue weighted by atomic mass is 35.5. The maximum Gasteiger partial charge on any atom is 0.387 e. The van der Waals surface area contributed by atoms with E-state index in [1.54, 1.807) is 0 Å². The van der Waals surface area contributed by atoms with Crippen LogP contribution in [-0.2, 0) is 4.79 Å². The van der Waals surface area contributed by atoms with Crippen LogP contribution in [0.4, 0.5) is 14.5 Å². The Balaban J connectivity index is 1.62. The molecule has 2 fully saturated rings. The molecule has 1 N–H and O–H groups in total. The Kier molecular flexibility index (Phi) is 3.54. The number of carbonyl (C=O) groups is 1. The van der Waals surface area contributed by atoms with Gasteiger partial charge in [-0.25, -0.2) is 0 Å². The van der Waals surface area contributed by atoms with E-state index in [9.17, 15) is 13.6 Å². The van der Waals surface area contributed by atoms with Crippen LogP contribution in [0, 0.1) is 17.8 Å². The molecule has 0 bridgehead atoms. The van der Waals surface area contributed by atoms with Gasteiger partial charge >= 0.3 is 6.61 Å². The maximum absolute atomic E-state index is 12.1. The molecular weight excluding hydrogens is 288 g/mol. The molecule has 2 unspecified atom stereocenters. The molecule has 1 amide bonds. The zero-order valence-electron chi connectivity index (χ0n) is 10.6. The molecule has 1 aromatic rings. The van der Waals surface area contributed by atoms with Crippen molar-refractivity contribution in [3.05, 3.63) is 23.2 Å². The molecule has 2 aliphatic rings. The topological polar surface area (TPSA) is 38.3 Å². The lowest BCUT2D eigenvalue weighted by Crippen LogP contribution is -2.21. The summed E-state index contributed by atoms with van der Waals surface area (Å²) >= 11 is 5.84. The van der Waals surface area contributed by atoms with Crippen molar-refractivity contribution >= 4 is 23.2 Å². The minimum atomic E-state index is -2.92. The Hall–Kier alpha value is -1.36. The fourth-order valence-electron chi connectivity index (χ4n) is 2.94. The molecule has 0 spiro atoms. The lowest BCUT2D eigenvalue weighted by atomic mass is 10.0. The van der Waals surface area contributed by atoms with Gasteiger partial charge < -0.3 is 10.1 Å². The first-order valence-electron chi connectivity index (χ1n) is 6.58. The SMILES string of the molecule is O=C(Nc1ccc(OC(F)F)c(Cl)c1)C1CC2CC2C1. The van der Waals surface area contributed by atoms with Gasteiger partial charge in [0.2, 0.25) is 5.91 Å². The van der Waals surface area contributed by atoms with Crippen LogP contribution < -0.4 is 10.1 Å². The average molecular weight is 302 g/mol. The normalized spacial score (nSPS) is 27.3. The van der Waals surface area contributed by atoms with Crippen LogP contribution in [0.3, 0.4) is 0 Å². The third-order valence-corrected chi connectivity index (χ3v) is 4.33. The summed E-state index contributed by atoms with van der Waals surface area (Å²) in [6.07, 6.45) is 3.17. The van der Waals surface area contributed by atoms with E-state index < -0.39 is 6.61 Å². The standard InChI is InChI=1S/C14H14ClF2NO2/c15-11-6-10(1-2-12(11)20-14(16)17)18-13(19)9-4-7-3-8(7)5-9/h1-2,6-9,14H,3-5H2,(H,18,19). The quantitative estimate of drug-likeness (QED) is 0.915. The molecule has 0 radical (unpaired) electrons. The first-order chi connectivity index (χ1) is 9.52. The molecule has 3 rings (SSSR count). The summed E-state index contributed by atoms with van der Waals surface area (Å²) in [7, 11) is 0. The van der Waals surface area contributed by atoms with Gasteiger partial charge in [-0.3, -0.25) is 4.79 Å². The molecule has 0 aromatic heterocycles. The highest BCUT2D eigenvalue weighted by Gasteiger charge is 2.47. The number of anilines is 1. The van der Waals surface area contributed by atoms with E-state index in [0.717, 1.165) is 24.7 Å². The van der Waals surface area contributed by atoms with Crippen LogP contribution in [-0.4, -0.2) is 12.5 Å². The number of amides is 1. The second-order valence-corrected chi connectivity index (χ2v) is 5.84. The molecule has 108 valence electrons. The number of ether oxygens (including phenoxy) is 1. The number of halogens is 3. The molecule has 3 nitrogen and oxygen atoms in total. The van der Waals surface area contributed by atoms with Crippen molar-refractivity contribution in [2.45, 2.75) is 25.9 Å². The zero-order chi connectivity index (χ0) is 14.3. The van der Waals surface area contributed by atoms with E-state index in [0.29, 0.717) is 5.69 Å². The van der Waals surface area contributed by atoms with Crippen LogP contribution in [0.5, 0.6) is 5.75 Å². The number of hydrogen-bond donors (Lipinski definition) is 1. The molecule has 2 atom stereocenters. The van der Waals surface area contributed by atoms with E-state index in [1.165, 1.54) is 24.6 Å². The van der Waals surface area contributed by atoms with Crippen LogP contribution >= 0.6 is 11.6 Å². The summed E-state index contributed by atoms with van der Waals surface area (Å²) in [6.45, 7) is -2.92. The Morgan fingerprint density at radius 3 is 2.60 bits per heavy atom. The van der Waals surface area contributed by atoms with Crippen molar-refractivity contribution in [2.75, 3.05) is 5.32 Å². The van der Waals surface area contributed by atoms with E-state index in [-0.39, 0.29) is 22.6 Å². The van der Waals surface area contributed by atoms with Crippen LogP contribution in [0.15, 0.2) is 18.2 Å². The van der Waals surface area contributed by atoms with Crippen molar-refractivity contribution in [1.29, 1.82) is 0 Å². The lowest BCUT2D eigenvalue weighted by molar-refractivity contribution is -0.120. The molecule has 1 aromatic carbocycles. The van der Waals surface area contributed by atoms with Crippen LogP contribution in [0.2, 0.25) is 5.02 Å². The summed E-state index contributed by atoms with van der Waals surface area (Å²) in [6, 6.07) is 4.26. The summed E-state index contributed by atoms with van der Waals surface area (Å²) < 4.78 is 28.5. The highest BCUT2D eigenvalue weighted by molar-refractivity contribution is 6.32. The third-order valence-electron chi connectivity index (χ3n) is 4.03. The molecule has 0 saturated heterocycles. The fourth-order valence-corrected chi connectivity index (χ4v) is 3.17. The summed E-state index contributed by atoms with van der Waals surface area (Å²) in [5.41, 5.74) is 0.502. The number of nitrogens with one attached hydrogen (secondary N) is 1. The summed E-state index contributed by atoms with van der Waals surface area (Å²) in [5, 5.41) is 2.83. The fraction of sp³-hybridized carbons (Fsp3) is 0.500. The van der Waals surface area contributed by atoms with Crippen molar-refractivity contribution in [1.82, 2.24) is 0 Å². The van der Waals surface area contributed by atoms with Gasteiger partial charge in [0.15, 0.2) is 0 Å². The second-order valence-electron chi connectivity index (χ2n) is 5.44. The number of benzene rings is 1.